The van der Waals surface area contributed by atoms with Gasteiger partial charge < -0.3 is 14.4 Å². The zero-order valence-corrected chi connectivity index (χ0v) is 16.8. The summed E-state index contributed by atoms with van der Waals surface area (Å²) in [6, 6.07) is 7.83. The molecule has 0 bridgehead atoms. The van der Waals surface area contributed by atoms with Crippen LogP contribution in [0.2, 0.25) is 0 Å². The lowest BCUT2D eigenvalue weighted by atomic mass is 10.1. The molecule has 1 fully saturated rings. The summed E-state index contributed by atoms with van der Waals surface area (Å²) in [7, 11) is 1.54. The molecule has 1 aliphatic rings. The molecular formula is C20H18F3N3O3S. The number of rotatable bonds is 4. The molecule has 1 amide bonds. The number of aromatic nitrogens is 1. The van der Waals surface area contributed by atoms with Crippen molar-refractivity contribution in [2.45, 2.75) is 6.18 Å². The lowest BCUT2D eigenvalue weighted by Gasteiger charge is -2.29. The molecule has 0 radical (unpaired) electrons. The van der Waals surface area contributed by atoms with Gasteiger partial charge in [-0.15, -0.1) is 0 Å². The van der Waals surface area contributed by atoms with Crippen molar-refractivity contribution in [2.24, 2.45) is 0 Å². The third-order valence-electron chi connectivity index (χ3n) is 4.75. The van der Waals surface area contributed by atoms with Crippen LogP contribution in [-0.2, 0) is 10.9 Å². The number of methoxy groups -OCH3 is 1. The number of hydrogen-bond acceptors (Lipinski definition) is 6. The molecule has 1 aromatic heterocycles. The summed E-state index contributed by atoms with van der Waals surface area (Å²) >= 11 is 1.29. The molecule has 30 heavy (non-hydrogen) atoms. The van der Waals surface area contributed by atoms with Crippen LogP contribution < -0.4 is 15.0 Å². The monoisotopic (exact) mass is 437 g/mol. The zero-order valence-electron chi connectivity index (χ0n) is 16.0. The molecule has 2 aromatic carbocycles. The van der Waals surface area contributed by atoms with E-state index in [1.54, 1.807) is 7.11 Å². The molecule has 0 saturated carbocycles. The third-order valence-corrected chi connectivity index (χ3v) is 5.75. The van der Waals surface area contributed by atoms with Crippen molar-refractivity contribution < 1.29 is 27.4 Å². The Kier molecular flexibility index (Phi) is 5.52. The molecule has 1 N–H and O–H groups in total. The Morgan fingerprint density at radius 2 is 1.87 bits per heavy atom. The fourth-order valence-electron chi connectivity index (χ4n) is 3.22. The number of nitrogens with one attached hydrogen (secondary N) is 1. The standard InChI is InChI=1S/C20H18F3N3O3S/c1-28-15-7-6-14(26-8-10-29-11-9-26)17-16(15)24-19(30-17)25-18(27)12-2-4-13(5-3-12)20(21,22)23/h2-7H,8-11H2,1H3,(H,24,25,27). The number of halogens is 3. The summed E-state index contributed by atoms with van der Waals surface area (Å²) in [6.07, 6.45) is -4.45. The minimum absolute atomic E-state index is 0.114. The Balaban J connectivity index is 1.62. The van der Waals surface area contributed by atoms with Gasteiger partial charge in [-0.25, -0.2) is 4.98 Å². The van der Waals surface area contributed by atoms with Crippen LogP contribution in [0, 0.1) is 0 Å². The number of ether oxygens (including phenoxy) is 2. The second-order valence-corrected chi connectivity index (χ2v) is 7.61. The summed E-state index contributed by atoms with van der Waals surface area (Å²) in [6.45, 7) is 2.74. The van der Waals surface area contributed by atoms with Crippen LogP contribution in [-0.4, -0.2) is 44.3 Å². The van der Waals surface area contributed by atoms with E-state index in [2.05, 4.69) is 15.2 Å². The molecule has 158 valence electrons. The van der Waals surface area contributed by atoms with E-state index in [0.717, 1.165) is 47.7 Å². The van der Waals surface area contributed by atoms with Gasteiger partial charge in [0.25, 0.3) is 5.91 Å². The van der Waals surface area contributed by atoms with Crippen molar-refractivity contribution in [3.8, 4) is 5.75 Å². The van der Waals surface area contributed by atoms with Crippen LogP contribution in [0.3, 0.4) is 0 Å². The van der Waals surface area contributed by atoms with Gasteiger partial charge in [-0.3, -0.25) is 10.1 Å². The molecule has 2 heterocycles. The van der Waals surface area contributed by atoms with E-state index in [0.29, 0.717) is 29.6 Å². The minimum Gasteiger partial charge on any atom is -0.494 e. The second-order valence-electron chi connectivity index (χ2n) is 6.61. The number of carbonyl (C=O) groups is 1. The fraction of sp³-hybridized carbons (Fsp3) is 0.300. The highest BCUT2D eigenvalue weighted by Crippen LogP contribution is 2.39. The topological polar surface area (TPSA) is 63.7 Å². The molecule has 0 spiro atoms. The number of thiazole rings is 1. The Labute approximate surface area is 174 Å². The summed E-state index contributed by atoms with van der Waals surface area (Å²) in [5.41, 5.74) is 0.900. The molecule has 4 rings (SSSR count). The molecule has 3 aromatic rings. The lowest BCUT2D eigenvalue weighted by molar-refractivity contribution is -0.137. The van der Waals surface area contributed by atoms with Crippen molar-refractivity contribution >= 4 is 38.3 Å². The maximum absolute atomic E-state index is 12.7. The third kappa shape index (κ3) is 4.05. The Morgan fingerprint density at radius 1 is 1.17 bits per heavy atom. The molecule has 1 saturated heterocycles. The maximum atomic E-state index is 12.7. The van der Waals surface area contributed by atoms with Crippen molar-refractivity contribution in [3.63, 3.8) is 0 Å². The number of anilines is 2. The van der Waals surface area contributed by atoms with E-state index in [9.17, 15) is 18.0 Å². The fourth-order valence-corrected chi connectivity index (χ4v) is 4.24. The van der Waals surface area contributed by atoms with Gasteiger partial charge in [-0.1, -0.05) is 11.3 Å². The van der Waals surface area contributed by atoms with Crippen molar-refractivity contribution in [1.29, 1.82) is 0 Å². The van der Waals surface area contributed by atoms with E-state index in [-0.39, 0.29) is 5.56 Å². The summed E-state index contributed by atoms with van der Waals surface area (Å²) < 4.78 is 49.8. The van der Waals surface area contributed by atoms with Crippen LogP contribution in [0.5, 0.6) is 5.75 Å². The van der Waals surface area contributed by atoms with Crippen LogP contribution in [0.4, 0.5) is 24.0 Å². The molecule has 10 heteroatoms. The molecule has 0 unspecified atom stereocenters. The smallest absolute Gasteiger partial charge is 0.416 e. The number of benzene rings is 2. The predicted molar refractivity (Wildman–Crippen MR) is 109 cm³/mol. The molecule has 0 aliphatic carbocycles. The summed E-state index contributed by atoms with van der Waals surface area (Å²) in [5.74, 6) is 0.0444. The Hall–Kier alpha value is -2.85. The normalized spacial score (nSPS) is 14.7. The number of carbonyl (C=O) groups excluding carboxylic acids is 1. The number of amides is 1. The SMILES string of the molecule is COc1ccc(N2CCOCC2)c2sc(NC(=O)c3ccc(C(F)(F)F)cc3)nc12. The molecule has 0 atom stereocenters. The largest absolute Gasteiger partial charge is 0.494 e. The summed E-state index contributed by atoms with van der Waals surface area (Å²) in [5, 5.41) is 3.02. The van der Waals surface area contributed by atoms with Crippen molar-refractivity contribution in [2.75, 3.05) is 43.6 Å². The van der Waals surface area contributed by atoms with Gasteiger partial charge in [0.05, 0.1) is 36.3 Å². The van der Waals surface area contributed by atoms with Crippen LogP contribution >= 0.6 is 11.3 Å². The number of fused-ring (bicyclic) bond motifs is 1. The quantitative estimate of drug-likeness (QED) is 0.655. The first-order chi connectivity index (χ1) is 14.4. The highest BCUT2D eigenvalue weighted by molar-refractivity contribution is 7.23. The average Bonchev–Trinajstić information content (AvgIpc) is 3.16. The maximum Gasteiger partial charge on any atom is 0.416 e. The zero-order chi connectivity index (χ0) is 21.3. The van der Waals surface area contributed by atoms with Crippen molar-refractivity contribution in [1.82, 2.24) is 4.98 Å². The van der Waals surface area contributed by atoms with E-state index in [4.69, 9.17) is 9.47 Å². The number of alkyl halides is 3. The van der Waals surface area contributed by atoms with Crippen molar-refractivity contribution in [3.05, 3.63) is 47.5 Å². The first-order valence-corrected chi connectivity index (χ1v) is 9.97. The Bertz CT molecular complexity index is 1060. The number of nitrogens with zero attached hydrogens (tertiary/aromatic N) is 2. The van der Waals surface area contributed by atoms with Gasteiger partial charge in [0, 0.05) is 18.7 Å². The van der Waals surface area contributed by atoms with E-state index in [1.807, 2.05) is 12.1 Å². The van der Waals surface area contributed by atoms with Crippen LogP contribution in [0.25, 0.3) is 10.2 Å². The summed E-state index contributed by atoms with van der Waals surface area (Å²) in [4.78, 5) is 19.2. The first-order valence-electron chi connectivity index (χ1n) is 9.15. The van der Waals surface area contributed by atoms with Crippen LogP contribution in [0.1, 0.15) is 15.9 Å². The second kappa shape index (κ2) is 8.11. The van der Waals surface area contributed by atoms with E-state index < -0.39 is 17.6 Å². The van der Waals surface area contributed by atoms with Gasteiger partial charge in [0.1, 0.15) is 11.3 Å². The van der Waals surface area contributed by atoms with E-state index >= 15 is 0 Å². The van der Waals surface area contributed by atoms with Gasteiger partial charge in [-0.2, -0.15) is 13.2 Å². The molecule has 1 aliphatic heterocycles. The van der Waals surface area contributed by atoms with Gasteiger partial charge in [0.2, 0.25) is 0 Å². The first kappa shape index (κ1) is 20.4. The minimum atomic E-state index is -4.45. The highest BCUT2D eigenvalue weighted by atomic mass is 32.1. The van der Waals surface area contributed by atoms with E-state index in [1.165, 1.54) is 11.3 Å². The van der Waals surface area contributed by atoms with Gasteiger partial charge in [-0.05, 0) is 36.4 Å². The van der Waals surface area contributed by atoms with Crippen LogP contribution in [0.15, 0.2) is 36.4 Å². The predicted octanol–water partition coefficient (Wildman–Crippen LogP) is 4.41. The molecule has 6 nitrogen and oxygen atoms in total. The number of hydrogen-bond donors (Lipinski definition) is 1. The lowest BCUT2D eigenvalue weighted by Crippen LogP contribution is -2.36. The Morgan fingerprint density at radius 3 is 2.50 bits per heavy atom. The average molecular weight is 437 g/mol. The number of morpholine rings is 1. The molecular weight excluding hydrogens is 419 g/mol. The highest BCUT2D eigenvalue weighted by Gasteiger charge is 2.30. The van der Waals surface area contributed by atoms with Gasteiger partial charge >= 0.3 is 6.18 Å². The van der Waals surface area contributed by atoms with Gasteiger partial charge in [0.15, 0.2) is 5.13 Å².